The summed E-state index contributed by atoms with van der Waals surface area (Å²) in [5, 5.41) is 16.3. The number of anilines is 1. The lowest BCUT2D eigenvalue weighted by Gasteiger charge is -2.22. The second-order valence-electron chi connectivity index (χ2n) is 2.91. The quantitative estimate of drug-likeness (QED) is 0.856. The molecule has 0 aliphatic heterocycles. The third-order valence-corrected chi connectivity index (χ3v) is 2.17. The Balaban J connectivity index is 2.93. The van der Waals surface area contributed by atoms with Gasteiger partial charge in [-0.2, -0.15) is 4.98 Å². The van der Waals surface area contributed by atoms with Crippen molar-refractivity contribution in [2.24, 2.45) is 0 Å². The highest BCUT2D eigenvalue weighted by Crippen LogP contribution is 2.21. The molecule has 0 aliphatic rings. The number of rotatable bonds is 5. The van der Waals surface area contributed by atoms with Gasteiger partial charge in [-0.15, -0.1) is 10.2 Å². The van der Waals surface area contributed by atoms with Crippen molar-refractivity contribution in [1.29, 1.82) is 0 Å². The highest BCUT2D eigenvalue weighted by Gasteiger charge is 2.13. The number of hydrogen-bond acceptors (Lipinski definition) is 5. The molecule has 0 amide bonds. The molecule has 0 unspecified atom stereocenters. The Morgan fingerprint density at radius 1 is 1.27 bits per heavy atom. The summed E-state index contributed by atoms with van der Waals surface area (Å²) >= 11 is 11.5. The normalized spacial score (nSPS) is 10.4. The summed E-state index contributed by atoms with van der Waals surface area (Å²) in [6.45, 7) is 3.23. The molecule has 0 saturated carbocycles. The van der Waals surface area contributed by atoms with Gasteiger partial charge in [0.05, 0.1) is 6.61 Å². The van der Waals surface area contributed by atoms with E-state index in [0.29, 0.717) is 12.4 Å². The fourth-order valence-corrected chi connectivity index (χ4v) is 1.52. The summed E-state index contributed by atoms with van der Waals surface area (Å²) < 4.78 is 0. The standard InChI is InChI=1S/C8H12Cl2N4O/c1-2-3-14(4-5-15)7-6(9)12-13-8(10)11-7/h15H,2-5H2,1H3. The Bertz CT molecular complexity index is 318. The fraction of sp³-hybridized carbons (Fsp3) is 0.625. The van der Waals surface area contributed by atoms with Crippen LogP contribution in [-0.4, -0.2) is 40.0 Å². The van der Waals surface area contributed by atoms with Crippen molar-refractivity contribution in [2.75, 3.05) is 24.6 Å². The van der Waals surface area contributed by atoms with Crippen molar-refractivity contribution in [3.05, 3.63) is 10.4 Å². The molecule has 0 radical (unpaired) electrons. The molecule has 1 aromatic rings. The lowest BCUT2D eigenvalue weighted by molar-refractivity contribution is 0.301. The largest absolute Gasteiger partial charge is 0.395 e. The third-order valence-electron chi connectivity index (χ3n) is 1.77. The summed E-state index contributed by atoms with van der Waals surface area (Å²) in [6, 6.07) is 0. The van der Waals surface area contributed by atoms with Crippen LogP contribution in [-0.2, 0) is 0 Å². The number of halogens is 2. The molecule has 15 heavy (non-hydrogen) atoms. The Kier molecular flexibility index (Phi) is 5.01. The van der Waals surface area contributed by atoms with Gasteiger partial charge in [0.15, 0.2) is 11.0 Å². The van der Waals surface area contributed by atoms with Crippen LogP contribution in [0.5, 0.6) is 0 Å². The van der Waals surface area contributed by atoms with E-state index in [1.165, 1.54) is 0 Å². The van der Waals surface area contributed by atoms with Crippen LogP contribution in [0.25, 0.3) is 0 Å². The van der Waals surface area contributed by atoms with Crippen molar-refractivity contribution in [3.63, 3.8) is 0 Å². The van der Waals surface area contributed by atoms with Crippen molar-refractivity contribution in [3.8, 4) is 0 Å². The van der Waals surface area contributed by atoms with Crippen LogP contribution in [0, 0.1) is 0 Å². The molecule has 5 nitrogen and oxygen atoms in total. The van der Waals surface area contributed by atoms with E-state index in [9.17, 15) is 0 Å². The molecule has 84 valence electrons. The van der Waals surface area contributed by atoms with E-state index in [2.05, 4.69) is 15.2 Å². The zero-order chi connectivity index (χ0) is 11.3. The van der Waals surface area contributed by atoms with Crippen molar-refractivity contribution in [1.82, 2.24) is 15.2 Å². The molecule has 1 heterocycles. The van der Waals surface area contributed by atoms with E-state index < -0.39 is 0 Å². The molecule has 1 N–H and O–H groups in total. The van der Waals surface area contributed by atoms with E-state index in [1.807, 2.05) is 11.8 Å². The van der Waals surface area contributed by atoms with E-state index >= 15 is 0 Å². The van der Waals surface area contributed by atoms with Gasteiger partial charge >= 0.3 is 0 Å². The molecular weight excluding hydrogens is 239 g/mol. The molecule has 7 heteroatoms. The number of aliphatic hydroxyl groups excluding tert-OH is 1. The van der Waals surface area contributed by atoms with Crippen LogP contribution in [0.15, 0.2) is 0 Å². The van der Waals surface area contributed by atoms with Gasteiger partial charge in [0.1, 0.15) is 0 Å². The average molecular weight is 251 g/mol. The van der Waals surface area contributed by atoms with Crippen LogP contribution >= 0.6 is 23.2 Å². The molecule has 1 rings (SSSR count). The molecular formula is C8H12Cl2N4O. The average Bonchev–Trinajstić information content (AvgIpc) is 2.21. The van der Waals surface area contributed by atoms with Crippen molar-refractivity contribution in [2.45, 2.75) is 13.3 Å². The molecule has 0 aliphatic carbocycles. The van der Waals surface area contributed by atoms with Gasteiger partial charge in [0, 0.05) is 13.1 Å². The van der Waals surface area contributed by atoms with E-state index in [1.54, 1.807) is 0 Å². The molecule has 0 bridgehead atoms. The molecule has 0 aromatic carbocycles. The zero-order valence-electron chi connectivity index (χ0n) is 8.32. The summed E-state index contributed by atoms with van der Waals surface area (Å²) in [5.74, 6) is 0.465. The molecule has 0 saturated heterocycles. The Hall–Kier alpha value is -0.650. The Morgan fingerprint density at radius 3 is 2.60 bits per heavy atom. The predicted octanol–water partition coefficient (Wildman–Crippen LogP) is 1.39. The minimum atomic E-state index is 0.0257. The fourth-order valence-electron chi connectivity index (χ4n) is 1.20. The second kappa shape index (κ2) is 6.05. The van der Waals surface area contributed by atoms with Gasteiger partial charge in [0.2, 0.25) is 5.28 Å². The lowest BCUT2D eigenvalue weighted by atomic mass is 10.4. The van der Waals surface area contributed by atoms with Crippen LogP contribution in [0.4, 0.5) is 5.82 Å². The first-order valence-corrected chi connectivity index (χ1v) is 5.36. The monoisotopic (exact) mass is 250 g/mol. The SMILES string of the molecule is CCCN(CCO)c1nc(Cl)nnc1Cl. The summed E-state index contributed by atoms with van der Waals surface area (Å²) in [5.41, 5.74) is 0. The van der Waals surface area contributed by atoms with E-state index in [0.717, 1.165) is 13.0 Å². The van der Waals surface area contributed by atoms with E-state index in [4.69, 9.17) is 28.3 Å². The van der Waals surface area contributed by atoms with Gasteiger partial charge in [-0.1, -0.05) is 18.5 Å². The minimum absolute atomic E-state index is 0.0257. The summed E-state index contributed by atoms with van der Waals surface area (Å²) in [4.78, 5) is 5.81. The first-order valence-electron chi connectivity index (χ1n) is 4.60. The molecule has 1 aromatic heterocycles. The Labute approximate surface area is 98.0 Å². The van der Waals surface area contributed by atoms with Crippen molar-refractivity contribution >= 4 is 29.0 Å². The van der Waals surface area contributed by atoms with Gasteiger partial charge in [-0.3, -0.25) is 0 Å². The van der Waals surface area contributed by atoms with Crippen LogP contribution in [0.1, 0.15) is 13.3 Å². The predicted molar refractivity (Wildman–Crippen MR) is 59.4 cm³/mol. The summed E-state index contributed by atoms with van der Waals surface area (Å²) in [6.07, 6.45) is 0.915. The molecule has 0 fully saturated rings. The van der Waals surface area contributed by atoms with Gasteiger partial charge in [-0.25, -0.2) is 0 Å². The number of aromatic nitrogens is 3. The number of aliphatic hydroxyl groups is 1. The van der Waals surface area contributed by atoms with Crippen LogP contribution in [0.3, 0.4) is 0 Å². The Morgan fingerprint density at radius 2 is 2.00 bits per heavy atom. The van der Waals surface area contributed by atoms with Crippen molar-refractivity contribution < 1.29 is 5.11 Å². The van der Waals surface area contributed by atoms with E-state index in [-0.39, 0.29) is 17.0 Å². The van der Waals surface area contributed by atoms with Gasteiger partial charge in [-0.05, 0) is 18.0 Å². The zero-order valence-corrected chi connectivity index (χ0v) is 9.83. The number of nitrogens with zero attached hydrogens (tertiary/aromatic N) is 4. The maximum absolute atomic E-state index is 8.90. The molecule has 0 atom stereocenters. The molecule has 0 spiro atoms. The lowest BCUT2D eigenvalue weighted by Crippen LogP contribution is -2.29. The highest BCUT2D eigenvalue weighted by molar-refractivity contribution is 6.32. The van der Waals surface area contributed by atoms with Crippen LogP contribution < -0.4 is 4.90 Å². The first-order chi connectivity index (χ1) is 7.19. The topological polar surface area (TPSA) is 62.1 Å². The smallest absolute Gasteiger partial charge is 0.245 e. The maximum Gasteiger partial charge on any atom is 0.245 e. The van der Waals surface area contributed by atoms with Gasteiger partial charge in [0.25, 0.3) is 0 Å². The summed E-state index contributed by atoms with van der Waals surface area (Å²) in [7, 11) is 0. The third kappa shape index (κ3) is 3.44. The van der Waals surface area contributed by atoms with Gasteiger partial charge < -0.3 is 10.0 Å². The van der Waals surface area contributed by atoms with Crippen LogP contribution in [0.2, 0.25) is 10.4 Å². The number of hydrogen-bond donors (Lipinski definition) is 1. The highest BCUT2D eigenvalue weighted by atomic mass is 35.5. The second-order valence-corrected chi connectivity index (χ2v) is 3.60. The maximum atomic E-state index is 8.90. The first kappa shape index (κ1) is 12.4. The minimum Gasteiger partial charge on any atom is -0.395 e.